The Morgan fingerprint density at radius 1 is 1.17 bits per heavy atom. The zero-order valence-corrected chi connectivity index (χ0v) is 15.9. The number of nitrogens with zero attached hydrogens (tertiary/aromatic N) is 1. The normalized spacial score (nSPS) is 17.3. The molecule has 0 atom stereocenters. The number of aryl methyl sites for hydroxylation is 1. The van der Waals surface area contributed by atoms with E-state index >= 15 is 0 Å². The Kier molecular flexibility index (Phi) is 6.27. The van der Waals surface area contributed by atoms with E-state index in [1.807, 2.05) is 0 Å². The summed E-state index contributed by atoms with van der Waals surface area (Å²) in [4.78, 5) is 4.82. The van der Waals surface area contributed by atoms with Gasteiger partial charge in [-0.2, -0.15) is 0 Å². The van der Waals surface area contributed by atoms with Gasteiger partial charge in [-0.1, -0.05) is 52.0 Å². The van der Waals surface area contributed by atoms with Crippen LogP contribution in [0.4, 0.5) is 0 Å². The molecule has 4 heteroatoms. The average Bonchev–Trinajstić information content (AvgIpc) is 2.55. The quantitative estimate of drug-likeness (QED) is 0.596. The van der Waals surface area contributed by atoms with Crippen LogP contribution in [0.15, 0.2) is 29.3 Å². The third kappa shape index (κ3) is 4.97. The summed E-state index contributed by atoms with van der Waals surface area (Å²) in [6, 6.07) is 8.92. The Morgan fingerprint density at radius 3 is 2.33 bits per heavy atom. The molecule has 1 heterocycles. The maximum Gasteiger partial charge on any atom is 0.191 e. The summed E-state index contributed by atoms with van der Waals surface area (Å²) in [5.41, 5.74) is 2.96. The second-order valence-corrected chi connectivity index (χ2v) is 7.79. The summed E-state index contributed by atoms with van der Waals surface area (Å²) in [6.07, 6.45) is 1.08. The van der Waals surface area contributed by atoms with Crippen molar-refractivity contribution in [3.8, 4) is 0 Å². The zero-order chi connectivity index (χ0) is 17.6. The highest BCUT2D eigenvalue weighted by Gasteiger charge is 2.33. The van der Waals surface area contributed by atoms with Crippen molar-refractivity contribution in [2.24, 2.45) is 10.4 Å². The first-order valence-electron chi connectivity index (χ1n) is 9.08. The van der Waals surface area contributed by atoms with Crippen molar-refractivity contribution in [3.05, 3.63) is 35.4 Å². The fourth-order valence-corrected chi connectivity index (χ4v) is 2.75. The van der Waals surface area contributed by atoms with Gasteiger partial charge in [0.1, 0.15) is 0 Å². The number of aliphatic imine (C=N–C) groups is 1. The Labute approximate surface area is 147 Å². The van der Waals surface area contributed by atoms with E-state index in [0.29, 0.717) is 0 Å². The van der Waals surface area contributed by atoms with Crippen LogP contribution < -0.4 is 10.6 Å². The number of hydrogen-bond donors (Lipinski definition) is 2. The van der Waals surface area contributed by atoms with Crippen molar-refractivity contribution in [2.45, 2.75) is 46.5 Å². The molecule has 24 heavy (non-hydrogen) atoms. The lowest BCUT2D eigenvalue weighted by atomic mass is 9.84. The van der Waals surface area contributed by atoms with Crippen LogP contribution in [0.1, 0.15) is 45.7 Å². The van der Waals surface area contributed by atoms with E-state index in [2.05, 4.69) is 69.5 Å². The molecule has 1 aliphatic rings. The molecule has 0 aliphatic carbocycles. The molecule has 1 aromatic carbocycles. The minimum atomic E-state index is 0.0120. The van der Waals surface area contributed by atoms with E-state index in [0.717, 1.165) is 45.2 Å². The summed E-state index contributed by atoms with van der Waals surface area (Å²) >= 11 is 0. The van der Waals surface area contributed by atoms with Crippen LogP contribution >= 0.6 is 0 Å². The van der Waals surface area contributed by atoms with Gasteiger partial charge in [0.05, 0.1) is 19.8 Å². The summed E-state index contributed by atoms with van der Waals surface area (Å²) in [5.74, 6) is 0.892. The molecule has 0 bridgehead atoms. The highest BCUT2D eigenvalue weighted by Crippen LogP contribution is 2.25. The van der Waals surface area contributed by atoms with Crippen molar-refractivity contribution in [3.63, 3.8) is 0 Å². The minimum absolute atomic E-state index is 0.0120. The van der Waals surface area contributed by atoms with E-state index in [-0.39, 0.29) is 10.8 Å². The van der Waals surface area contributed by atoms with Gasteiger partial charge in [-0.25, -0.2) is 0 Å². The van der Waals surface area contributed by atoms with Crippen LogP contribution in [-0.2, 0) is 16.6 Å². The molecule has 0 radical (unpaired) electrons. The van der Waals surface area contributed by atoms with Gasteiger partial charge in [-0.05, 0) is 24.5 Å². The Balaban J connectivity index is 1.99. The van der Waals surface area contributed by atoms with Gasteiger partial charge in [-0.15, -0.1) is 0 Å². The van der Waals surface area contributed by atoms with E-state index in [9.17, 15) is 0 Å². The van der Waals surface area contributed by atoms with Gasteiger partial charge in [0, 0.05) is 23.9 Å². The first-order valence-corrected chi connectivity index (χ1v) is 9.08. The molecule has 1 aliphatic heterocycles. The van der Waals surface area contributed by atoms with Crippen molar-refractivity contribution in [1.29, 1.82) is 0 Å². The van der Waals surface area contributed by atoms with Crippen LogP contribution in [0.5, 0.6) is 0 Å². The number of rotatable bonds is 7. The molecule has 1 aromatic rings. The van der Waals surface area contributed by atoms with Crippen LogP contribution in [0, 0.1) is 5.41 Å². The Hall–Kier alpha value is -1.55. The molecule has 1 fully saturated rings. The fourth-order valence-electron chi connectivity index (χ4n) is 2.75. The lowest BCUT2D eigenvalue weighted by Gasteiger charge is -2.38. The summed E-state index contributed by atoms with van der Waals surface area (Å²) < 4.78 is 5.32. The first kappa shape index (κ1) is 18.8. The summed E-state index contributed by atoms with van der Waals surface area (Å²) in [7, 11) is 0. The number of nitrogens with one attached hydrogen (secondary N) is 2. The van der Waals surface area contributed by atoms with Crippen LogP contribution in [0.2, 0.25) is 0 Å². The molecule has 4 nitrogen and oxygen atoms in total. The first-order chi connectivity index (χ1) is 11.4. The predicted molar refractivity (Wildman–Crippen MR) is 102 cm³/mol. The van der Waals surface area contributed by atoms with E-state index in [4.69, 9.17) is 9.73 Å². The molecule has 1 saturated heterocycles. The monoisotopic (exact) mass is 331 g/mol. The lowest BCUT2D eigenvalue weighted by molar-refractivity contribution is -0.0971. The second kappa shape index (κ2) is 8.02. The fraction of sp³-hybridized carbons (Fsp3) is 0.650. The van der Waals surface area contributed by atoms with Gasteiger partial charge in [0.15, 0.2) is 5.96 Å². The van der Waals surface area contributed by atoms with Gasteiger partial charge in [0.25, 0.3) is 0 Å². The highest BCUT2D eigenvalue weighted by atomic mass is 16.5. The Bertz CT molecular complexity index is 545. The molecular formula is C20H33N3O. The number of benzene rings is 1. The van der Waals surface area contributed by atoms with Gasteiger partial charge in [-0.3, -0.25) is 4.99 Å². The average molecular weight is 332 g/mol. The van der Waals surface area contributed by atoms with Crippen molar-refractivity contribution >= 4 is 5.96 Å². The minimum Gasteiger partial charge on any atom is -0.380 e. The highest BCUT2D eigenvalue weighted by molar-refractivity contribution is 5.79. The zero-order valence-electron chi connectivity index (χ0n) is 15.9. The van der Waals surface area contributed by atoms with E-state index < -0.39 is 0 Å². The standard InChI is InChI=1S/C20H33N3O/c1-6-16-8-10-17(11-9-16)19(3,4)12-22-18(21-7-2)23-13-20(5)14-24-15-20/h8-11H,6-7,12-15H2,1-5H3,(H2,21,22,23). The number of ether oxygens (including phenoxy) is 1. The van der Waals surface area contributed by atoms with Crippen LogP contribution in [-0.4, -0.2) is 38.8 Å². The lowest BCUT2D eigenvalue weighted by Crippen LogP contribution is -2.51. The van der Waals surface area contributed by atoms with E-state index in [1.54, 1.807) is 0 Å². The Morgan fingerprint density at radius 2 is 1.83 bits per heavy atom. The third-order valence-corrected chi connectivity index (χ3v) is 4.70. The van der Waals surface area contributed by atoms with Gasteiger partial charge in [0.2, 0.25) is 0 Å². The number of hydrogen-bond acceptors (Lipinski definition) is 2. The maximum absolute atomic E-state index is 5.32. The third-order valence-electron chi connectivity index (χ3n) is 4.70. The van der Waals surface area contributed by atoms with Gasteiger partial charge >= 0.3 is 0 Å². The maximum atomic E-state index is 5.32. The molecule has 134 valence electrons. The van der Waals surface area contributed by atoms with Crippen molar-refractivity contribution in [2.75, 3.05) is 32.8 Å². The molecule has 2 rings (SSSR count). The summed E-state index contributed by atoms with van der Waals surface area (Å²) in [6.45, 7) is 15.2. The number of guanidine groups is 1. The largest absolute Gasteiger partial charge is 0.380 e. The molecule has 0 saturated carbocycles. The molecule has 0 amide bonds. The molecule has 2 N–H and O–H groups in total. The van der Waals surface area contributed by atoms with Gasteiger partial charge < -0.3 is 15.4 Å². The van der Waals surface area contributed by atoms with Crippen molar-refractivity contribution < 1.29 is 4.74 Å². The van der Waals surface area contributed by atoms with Crippen LogP contribution in [0.3, 0.4) is 0 Å². The van der Waals surface area contributed by atoms with E-state index in [1.165, 1.54) is 11.1 Å². The molecular weight excluding hydrogens is 298 g/mol. The second-order valence-electron chi connectivity index (χ2n) is 7.79. The molecule has 0 spiro atoms. The summed E-state index contributed by atoms with van der Waals surface area (Å²) in [5, 5.41) is 6.81. The van der Waals surface area contributed by atoms with Crippen molar-refractivity contribution in [1.82, 2.24) is 10.6 Å². The molecule has 0 aromatic heterocycles. The predicted octanol–water partition coefficient (Wildman–Crippen LogP) is 3.12. The molecule has 0 unspecified atom stereocenters. The SMILES string of the molecule is CCNC(=NCC(C)(C)c1ccc(CC)cc1)NCC1(C)COC1. The smallest absolute Gasteiger partial charge is 0.191 e. The van der Waals surface area contributed by atoms with Crippen LogP contribution in [0.25, 0.3) is 0 Å². The topological polar surface area (TPSA) is 45.7 Å².